The van der Waals surface area contributed by atoms with Crippen LogP contribution in [0.3, 0.4) is 0 Å². The Balaban J connectivity index is 1.89. The van der Waals surface area contributed by atoms with Gasteiger partial charge in [-0.3, -0.25) is 9.63 Å². The Morgan fingerprint density at radius 2 is 2.11 bits per heavy atom. The van der Waals surface area contributed by atoms with Gasteiger partial charge in [0.15, 0.2) is 0 Å². The van der Waals surface area contributed by atoms with E-state index >= 15 is 0 Å². The van der Waals surface area contributed by atoms with Crippen LogP contribution in [0.1, 0.15) is 25.3 Å². The zero-order valence-corrected chi connectivity index (χ0v) is 10.7. The van der Waals surface area contributed by atoms with E-state index in [1.165, 1.54) is 5.06 Å². The Kier molecular flexibility index (Phi) is 4.59. The van der Waals surface area contributed by atoms with E-state index in [9.17, 15) is 4.79 Å². The summed E-state index contributed by atoms with van der Waals surface area (Å²) in [4.78, 5) is 17.3. The van der Waals surface area contributed by atoms with Crippen molar-refractivity contribution in [2.24, 2.45) is 0 Å². The molecule has 0 radical (unpaired) electrons. The highest BCUT2D eigenvalue weighted by Gasteiger charge is 2.17. The number of carbonyl (C=O) groups is 1. The van der Waals surface area contributed by atoms with E-state index in [0.717, 1.165) is 24.2 Å². The first-order valence-corrected chi connectivity index (χ1v) is 6.44. The molecule has 0 N–H and O–H groups in total. The van der Waals surface area contributed by atoms with Gasteiger partial charge in [0.05, 0.1) is 19.6 Å². The standard InChI is InChI=1S/C14H19NO3/c1-2-17-13-7-5-12(6-8-13)11-14(16)15-9-3-4-10-18-15/h5-8H,2-4,9-11H2,1H3. The lowest BCUT2D eigenvalue weighted by Gasteiger charge is -2.25. The van der Waals surface area contributed by atoms with Crippen molar-refractivity contribution < 1.29 is 14.4 Å². The minimum absolute atomic E-state index is 0.0267. The summed E-state index contributed by atoms with van der Waals surface area (Å²) >= 11 is 0. The third-order valence-electron chi connectivity index (χ3n) is 2.87. The predicted molar refractivity (Wildman–Crippen MR) is 68.2 cm³/mol. The number of nitrogens with zero attached hydrogens (tertiary/aromatic N) is 1. The van der Waals surface area contributed by atoms with Crippen LogP contribution in [0, 0.1) is 0 Å². The molecule has 1 aliphatic rings. The van der Waals surface area contributed by atoms with Gasteiger partial charge in [-0.05, 0) is 37.5 Å². The summed E-state index contributed by atoms with van der Waals surface area (Å²) in [5.74, 6) is 0.863. The number of rotatable bonds is 4. The van der Waals surface area contributed by atoms with Crippen molar-refractivity contribution in [3.63, 3.8) is 0 Å². The number of hydroxylamine groups is 2. The van der Waals surface area contributed by atoms with Gasteiger partial charge in [0.1, 0.15) is 5.75 Å². The van der Waals surface area contributed by atoms with Gasteiger partial charge in [-0.2, -0.15) is 0 Å². The molecule has 0 unspecified atom stereocenters. The average Bonchev–Trinajstić information content (AvgIpc) is 2.42. The Bertz CT molecular complexity index is 383. The first kappa shape index (κ1) is 12.9. The second-order valence-electron chi connectivity index (χ2n) is 4.29. The highest BCUT2D eigenvalue weighted by atomic mass is 16.7. The fourth-order valence-corrected chi connectivity index (χ4v) is 1.93. The topological polar surface area (TPSA) is 38.8 Å². The SMILES string of the molecule is CCOc1ccc(CC(=O)N2CCCCO2)cc1. The van der Waals surface area contributed by atoms with Gasteiger partial charge in [-0.1, -0.05) is 12.1 Å². The maximum absolute atomic E-state index is 11.9. The molecular formula is C14H19NO3. The fraction of sp³-hybridized carbons (Fsp3) is 0.500. The molecule has 1 aromatic rings. The van der Waals surface area contributed by atoms with Crippen LogP contribution in [0.4, 0.5) is 0 Å². The number of hydrogen-bond acceptors (Lipinski definition) is 3. The molecule has 0 atom stereocenters. The number of amides is 1. The largest absolute Gasteiger partial charge is 0.494 e. The lowest BCUT2D eigenvalue weighted by atomic mass is 10.1. The van der Waals surface area contributed by atoms with Crippen LogP contribution in [-0.4, -0.2) is 30.7 Å². The third-order valence-corrected chi connectivity index (χ3v) is 2.87. The van der Waals surface area contributed by atoms with E-state index in [-0.39, 0.29) is 5.91 Å². The van der Waals surface area contributed by atoms with Crippen LogP contribution in [-0.2, 0) is 16.1 Å². The zero-order chi connectivity index (χ0) is 12.8. The molecule has 1 fully saturated rings. The average molecular weight is 249 g/mol. The second kappa shape index (κ2) is 6.40. The molecular weight excluding hydrogens is 230 g/mol. The molecule has 1 amide bonds. The van der Waals surface area contributed by atoms with E-state index < -0.39 is 0 Å². The number of ether oxygens (including phenoxy) is 1. The van der Waals surface area contributed by atoms with Gasteiger partial charge in [0.2, 0.25) is 0 Å². The molecule has 1 heterocycles. The minimum Gasteiger partial charge on any atom is -0.494 e. The summed E-state index contributed by atoms with van der Waals surface area (Å²) in [6.45, 7) is 3.95. The van der Waals surface area contributed by atoms with E-state index in [1.807, 2.05) is 31.2 Å². The Labute approximate surface area is 107 Å². The first-order chi connectivity index (χ1) is 8.79. The van der Waals surface area contributed by atoms with Crippen molar-refractivity contribution >= 4 is 5.91 Å². The molecule has 1 saturated heterocycles. The summed E-state index contributed by atoms with van der Waals surface area (Å²) in [5.41, 5.74) is 0.984. The second-order valence-corrected chi connectivity index (χ2v) is 4.29. The van der Waals surface area contributed by atoms with Crippen LogP contribution < -0.4 is 4.74 Å². The molecule has 98 valence electrons. The van der Waals surface area contributed by atoms with Crippen molar-refractivity contribution in [2.45, 2.75) is 26.2 Å². The van der Waals surface area contributed by atoms with Crippen molar-refractivity contribution in [3.05, 3.63) is 29.8 Å². The van der Waals surface area contributed by atoms with Crippen LogP contribution in [0.2, 0.25) is 0 Å². The molecule has 4 heteroatoms. The molecule has 0 spiro atoms. The maximum Gasteiger partial charge on any atom is 0.250 e. The minimum atomic E-state index is 0.0267. The van der Waals surface area contributed by atoms with Crippen LogP contribution in [0.15, 0.2) is 24.3 Å². The molecule has 1 aliphatic heterocycles. The first-order valence-electron chi connectivity index (χ1n) is 6.44. The smallest absolute Gasteiger partial charge is 0.250 e. The Morgan fingerprint density at radius 3 is 2.72 bits per heavy atom. The highest BCUT2D eigenvalue weighted by Crippen LogP contribution is 2.14. The Hall–Kier alpha value is -1.55. The van der Waals surface area contributed by atoms with Crippen molar-refractivity contribution in [3.8, 4) is 5.75 Å². The molecule has 0 aromatic heterocycles. The van der Waals surface area contributed by atoms with E-state index in [2.05, 4.69) is 0 Å². The van der Waals surface area contributed by atoms with Crippen molar-refractivity contribution in [2.75, 3.05) is 19.8 Å². The van der Waals surface area contributed by atoms with E-state index in [1.54, 1.807) is 0 Å². The normalized spacial score (nSPS) is 15.5. The quantitative estimate of drug-likeness (QED) is 0.821. The maximum atomic E-state index is 11.9. The van der Waals surface area contributed by atoms with Crippen LogP contribution in [0.25, 0.3) is 0 Å². The number of hydrogen-bond donors (Lipinski definition) is 0. The molecule has 4 nitrogen and oxygen atoms in total. The molecule has 1 aromatic carbocycles. The van der Waals surface area contributed by atoms with Gasteiger partial charge in [-0.15, -0.1) is 0 Å². The van der Waals surface area contributed by atoms with Gasteiger partial charge in [0.25, 0.3) is 5.91 Å². The van der Waals surface area contributed by atoms with E-state index in [0.29, 0.717) is 26.2 Å². The van der Waals surface area contributed by atoms with Crippen LogP contribution >= 0.6 is 0 Å². The third kappa shape index (κ3) is 3.47. The van der Waals surface area contributed by atoms with Gasteiger partial charge >= 0.3 is 0 Å². The summed E-state index contributed by atoms with van der Waals surface area (Å²) in [7, 11) is 0. The fourth-order valence-electron chi connectivity index (χ4n) is 1.93. The summed E-state index contributed by atoms with van der Waals surface area (Å²) < 4.78 is 5.36. The van der Waals surface area contributed by atoms with Gasteiger partial charge < -0.3 is 4.74 Å². The summed E-state index contributed by atoms with van der Waals surface area (Å²) in [6, 6.07) is 7.63. The van der Waals surface area contributed by atoms with Gasteiger partial charge in [0, 0.05) is 6.54 Å². The van der Waals surface area contributed by atoms with Crippen molar-refractivity contribution in [1.82, 2.24) is 5.06 Å². The van der Waals surface area contributed by atoms with Crippen molar-refractivity contribution in [1.29, 1.82) is 0 Å². The molecule has 0 aliphatic carbocycles. The van der Waals surface area contributed by atoms with Gasteiger partial charge in [-0.25, -0.2) is 5.06 Å². The zero-order valence-electron chi connectivity index (χ0n) is 10.7. The van der Waals surface area contributed by atoms with Crippen LogP contribution in [0.5, 0.6) is 5.75 Å². The predicted octanol–water partition coefficient (Wildman–Crippen LogP) is 2.18. The van der Waals surface area contributed by atoms with E-state index in [4.69, 9.17) is 9.57 Å². The summed E-state index contributed by atoms with van der Waals surface area (Å²) in [6.07, 6.45) is 2.44. The summed E-state index contributed by atoms with van der Waals surface area (Å²) in [5, 5.41) is 1.49. The lowest BCUT2D eigenvalue weighted by molar-refractivity contribution is -0.196. The Morgan fingerprint density at radius 1 is 1.33 bits per heavy atom. The highest BCUT2D eigenvalue weighted by molar-refractivity contribution is 5.77. The number of carbonyl (C=O) groups excluding carboxylic acids is 1. The molecule has 18 heavy (non-hydrogen) atoms. The molecule has 0 bridgehead atoms. The monoisotopic (exact) mass is 249 g/mol. The molecule has 0 saturated carbocycles. The molecule has 2 rings (SSSR count). The lowest BCUT2D eigenvalue weighted by Crippen LogP contribution is -2.36. The number of benzene rings is 1.